The van der Waals surface area contributed by atoms with Gasteiger partial charge in [-0.15, -0.1) is 0 Å². The van der Waals surface area contributed by atoms with Crippen LogP contribution in [0.3, 0.4) is 0 Å². The van der Waals surface area contributed by atoms with Crippen LogP contribution < -0.4 is 10.5 Å². The second kappa shape index (κ2) is 5.48. The topological polar surface area (TPSA) is 92.4 Å². The molecule has 0 fully saturated rings. The Labute approximate surface area is 114 Å². The molecular formula is C13H22N2O3S. The van der Waals surface area contributed by atoms with Gasteiger partial charge < -0.3 is 10.8 Å². The summed E-state index contributed by atoms with van der Waals surface area (Å²) < 4.78 is 26.9. The first-order chi connectivity index (χ1) is 8.59. The molecule has 0 aliphatic heterocycles. The summed E-state index contributed by atoms with van der Waals surface area (Å²) >= 11 is 0. The van der Waals surface area contributed by atoms with Crippen molar-refractivity contribution in [1.29, 1.82) is 0 Å². The monoisotopic (exact) mass is 286 g/mol. The number of nitrogens with two attached hydrogens (primary N) is 1. The van der Waals surface area contributed by atoms with Gasteiger partial charge in [-0.05, 0) is 50.5 Å². The number of sulfonamides is 1. The van der Waals surface area contributed by atoms with E-state index in [0.717, 1.165) is 5.56 Å². The largest absolute Gasteiger partial charge is 0.399 e. The number of anilines is 1. The van der Waals surface area contributed by atoms with Crippen molar-refractivity contribution in [3.8, 4) is 0 Å². The molecule has 0 saturated heterocycles. The van der Waals surface area contributed by atoms with Crippen molar-refractivity contribution in [1.82, 2.24) is 4.72 Å². The SMILES string of the molecule is CCC(C)(O)CNS(=O)(=O)c1cc(N)cc(C)c1C. The summed E-state index contributed by atoms with van der Waals surface area (Å²) in [5.74, 6) is 0. The minimum atomic E-state index is -3.67. The van der Waals surface area contributed by atoms with Gasteiger partial charge in [0.25, 0.3) is 0 Å². The fourth-order valence-electron chi connectivity index (χ4n) is 1.59. The lowest BCUT2D eigenvalue weighted by Crippen LogP contribution is -2.40. The van der Waals surface area contributed by atoms with E-state index in [2.05, 4.69) is 4.72 Å². The molecule has 6 heteroatoms. The summed E-state index contributed by atoms with van der Waals surface area (Å²) in [6, 6.07) is 3.17. The van der Waals surface area contributed by atoms with Crippen molar-refractivity contribution in [3.63, 3.8) is 0 Å². The van der Waals surface area contributed by atoms with E-state index < -0.39 is 15.6 Å². The molecule has 1 aromatic carbocycles. The summed E-state index contributed by atoms with van der Waals surface area (Å²) in [5, 5.41) is 9.86. The Balaban J connectivity index is 3.08. The van der Waals surface area contributed by atoms with Gasteiger partial charge in [0, 0.05) is 12.2 Å². The fourth-order valence-corrected chi connectivity index (χ4v) is 3.10. The maximum absolute atomic E-state index is 12.2. The first-order valence-corrected chi connectivity index (χ1v) is 7.66. The van der Waals surface area contributed by atoms with E-state index in [-0.39, 0.29) is 11.4 Å². The molecule has 108 valence electrons. The molecule has 0 heterocycles. The number of hydrogen-bond acceptors (Lipinski definition) is 4. The van der Waals surface area contributed by atoms with E-state index in [9.17, 15) is 13.5 Å². The molecule has 0 aliphatic carbocycles. The van der Waals surface area contributed by atoms with Crippen molar-refractivity contribution >= 4 is 15.7 Å². The molecule has 0 aliphatic rings. The van der Waals surface area contributed by atoms with Crippen molar-refractivity contribution in [3.05, 3.63) is 23.3 Å². The third-order valence-electron chi connectivity index (χ3n) is 3.34. The number of benzene rings is 1. The van der Waals surface area contributed by atoms with Crippen LogP contribution in [0.1, 0.15) is 31.4 Å². The standard InChI is InChI=1S/C13H22N2O3S/c1-5-13(4,16)8-15-19(17,18)12-7-11(14)6-9(2)10(12)3/h6-7,15-16H,5,8,14H2,1-4H3. The third-order valence-corrected chi connectivity index (χ3v) is 4.86. The third kappa shape index (κ3) is 3.92. The van der Waals surface area contributed by atoms with Crippen molar-refractivity contribution in [2.24, 2.45) is 0 Å². The molecule has 0 bridgehead atoms. The normalized spacial score (nSPS) is 15.2. The van der Waals surface area contributed by atoms with Gasteiger partial charge in [0.1, 0.15) is 0 Å². The van der Waals surface area contributed by atoms with Crippen LogP contribution >= 0.6 is 0 Å². The zero-order valence-corrected chi connectivity index (χ0v) is 12.6. The fraction of sp³-hybridized carbons (Fsp3) is 0.538. The molecule has 4 N–H and O–H groups in total. The zero-order valence-electron chi connectivity index (χ0n) is 11.8. The number of nitrogens with one attached hydrogen (secondary N) is 1. The summed E-state index contributed by atoms with van der Waals surface area (Å²) in [6.07, 6.45) is 0.463. The average Bonchev–Trinajstić information content (AvgIpc) is 2.31. The van der Waals surface area contributed by atoms with Crippen LogP contribution in [-0.4, -0.2) is 25.7 Å². The quantitative estimate of drug-likeness (QED) is 0.712. The first-order valence-electron chi connectivity index (χ1n) is 6.18. The van der Waals surface area contributed by atoms with Gasteiger partial charge >= 0.3 is 0 Å². The van der Waals surface area contributed by atoms with E-state index in [4.69, 9.17) is 5.73 Å². The molecule has 19 heavy (non-hydrogen) atoms. The van der Waals surface area contributed by atoms with Crippen LogP contribution in [0.5, 0.6) is 0 Å². The number of nitrogen functional groups attached to an aromatic ring is 1. The molecule has 0 saturated carbocycles. The van der Waals surface area contributed by atoms with Gasteiger partial charge in [-0.25, -0.2) is 13.1 Å². The number of aryl methyl sites for hydroxylation is 1. The van der Waals surface area contributed by atoms with E-state index in [0.29, 0.717) is 17.7 Å². The molecule has 1 aromatic rings. The molecule has 0 amide bonds. The van der Waals surface area contributed by atoms with Crippen molar-refractivity contribution < 1.29 is 13.5 Å². The Kier molecular flexibility index (Phi) is 4.60. The zero-order chi connectivity index (χ0) is 14.8. The van der Waals surface area contributed by atoms with Gasteiger partial charge in [-0.2, -0.15) is 0 Å². The van der Waals surface area contributed by atoms with E-state index in [1.54, 1.807) is 26.8 Å². The molecule has 0 spiro atoms. The highest BCUT2D eigenvalue weighted by Crippen LogP contribution is 2.22. The molecule has 1 atom stereocenters. The van der Waals surface area contributed by atoms with Gasteiger partial charge in [0.15, 0.2) is 0 Å². The smallest absolute Gasteiger partial charge is 0.241 e. The lowest BCUT2D eigenvalue weighted by molar-refractivity contribution is 0.0613. The van der Waals surface area contributed by atoms with Gasteiger partial charge in [-0.1, -0.05) is 6.92 Å². The van der Waals surface area contributed by atoms with Crippen LogP contribution in [0.25, 0.3) is 0 Å². The highest BCUT2D eigenvalue weighted by Gasteiger charge is 2.24. The maximum Gasteiger partial charge on any atom is 0.241 e. The Morgan fingerprint density at radius 3 is 2.47 bits per heavy atom. The van der Waals surface area contributed by atoms with Crippen LogP contribution in [0.15, 0.2) is 17.0 Å². The Morgan fingerprint density at radius 2 is 1.95 bits per heavy atom. The molecular weight excluding hydrogens is 264 g/mol. The lowest BCUT2D eigenvalue weighted by Gasteiger charge is -2.22. The van der Waals surface area contributed by atoms with Crippen LogP contribution in [0.2, 0.25) is 0 Å². The van der Waals surface area contributed by atoms with Crippen LogP contribution in [-0.2, 0) is 10.0 Å². The maximum atomic E-state index is 12.2. The first kappa shape index (κ1) is 15.9. The molecule has 0 radical (unpaired) electrons. The number of aliphatic hydroxyl groups is 1. The molecule has 5 nitrogen and oxygen atoms in total. The predicted molar refractivity (Wildman–Crippen MR) is 76.4 cm³/mol. The highest BCUT2D eigenvalue weighted by molar-refractivity contribution is 7.89. The van der Waals surface area contributed by atoms with Gasteiger partial charge in [-0.3, -0.25) is 0 Å². The van der Waals surface area contributed by atoms with Gasteiger partial charge in [0.05, 0.1) is 10.5 Å². The van der Waals surface area contributed by atoms with Crippen molar-refractivity contribution in [2.75, 3.05) is 12.3 Å². The van der Waals surface area contributed by atoms with Crippen molar-refractivity contribution in [2.45, 2.75) is 44.6 Å². The van der Waals surface area contributed by atoms with E-state index in [1.165, 1.54) is 6.07 Å². The Bertz CT molecular complexity index is 565. The van der Waals surface area contributed by atoms with Crippen LogP contribution in [0.4, 0.5) is 5.69 Å². The van der Waals surface area contributed by atoms with Gasteiger partial charge in [0.2, 0.25) is 10.0 Å². The average molecular weight is 286 g/mol. The summed E-state index contributed by atoms with van der Waals surface area (Å²) in [5.41, 5.74) is 6.53. The van der Waals surface area contributed by atoms with Crippen LogP contribution in [0, 0.1) is 13.8 Å². The summed E-state index contributed by atoms with van der Waals surface area (Å²) in [6.45, 7) is 6.91. The van der Waals surface area contributed by atoms with E-state index >= 15 is 0 Å². The highest BCUT2D eigenvalue weighted by atomic mass is 32.2. The second-order valence-electron chi connectivity index (χ2n) is 5.14. The second-order valence-corrected chi connectivity index (χ2v) is 6.87. The minimum Gasteiger partial charge on any atom is -0.399 e. The number of hydrogen-bond donors (Lipinski definition) is 3. The molecule has 1 unspecified atom stereocenters. The minimum absolute atomic E-state index is 0.0287. The Hall–Kier alpha value is -1.11. The summed E-state index contributed by atoms with van der Waals surface area (Å²) in [7, 11) is -3.67. The molecule has 1 rings (SSSR count). The predicted octanol–water partition coefficient (Wildman–Crippen LogP) is 1.32. The summed E-state index contributed by atoms with van der Waals surface area (Å²) in [4.78, 5) is 0.164. The Morgan fingerprint density at radius 1 is 1.37 bits per heavy atom. The number of rotatable bonds is 5. The van der Waals surface area contributed by atoms with E-state index in [1.807, 2.05) is 6.92 Å². The molecule has 0 aromatic heterocycles. The lowest BCUT2D eigenvalue weighted by atomic mass is 10.1.